The number of halogens is 3. The quantitative estimate of drug-likeness (QED) is 0.764. The molecule has 126 valence electrons. The number of amides is 1. The van der Waals surface area contributed by atoms with E-state index in [-0.39, 0.29) is 36.6 Å². The van der Waals surface area contributed by atoms with Crippen LogP contribution in [0.25, 0.3) is 10.9 Å². The van der Waals surface area contributed by atoms with Gasteiger partial charge in [0.1, 0.15) is 5.69 Å². The fraction of sp³-hybridized carbons (Fsp3) is 0.333. The summed E-state index contributed by atoms with van der Waals surface area (Å²) in [6, 6.07) is 8.93. The number of nitrogens with zero attached hydrogens (tertiary/aromatic N) is 1. The molecule has 2 unspecified atom stereocenters. The Hall–Kier alpha value is -1.11. The molecule has 0 saturated carbocycles. The molecule has 0 spiro atoms. The van der Waals surface area contributed by atoms with Crippen LogP contribution in [0.2, 0.25) is 5.02 Å². The summed E-state index contributed by atoms with van der Waals surface area (Å²) in [5, 5.41) is 17.1. The van der Waals surface area contributed by atoms with E-state index < -0.39 is 6.10 Å². The Morgan fingerprint density at radius 1 is 1.30 bits per heavy atom. The minimum Gasteiger partial charge on any atom is -0.391 e. The van der Waals surface area contributed by atoms with Crippen LogP contribution in [-0.4, -0.2) is 41.7 Å². The SMILES string of the molecule is Cl.Cl.O=C(NCC1CNCC1O)c1ccc2ccc(Cl)cc2n1. The largest absolute Gasteiger partial charge is 0.391 e. The van der Waals surface area contributed by atoms with Crippen LogP contribution in [0.15, 0.2) is 30.3 Å². The third-order valence-corrected chi connectivity index (χ3v) is 3.95. The van der Waals surface area contributed by atoms with Crippen molar-refractivity contribution in [2.75, 3.05) is 19.6 Å². The van der Waals surface area contributed by atoms with E-state index in [1.165, 1.54) is 0 Å². The van der Waals surface area contributed by atoms with Gasteiger partial charge in [-0.05, 0) is 18.2 Å². The minimum absolute atomic E-state index is 0. The molecule has 3 N–H and O–H groups in total. The highest BCUT2D eigenvalue weighted by atomic mass is 35.5. The number of aromatic nitrogens is 1. The van der Waals surface area contributed by atoms with Crippen molar-refractivity contribution in [3.05, 3.63) is 41.0 Å². The molecule has 1 aromatic carbocycles. The number of hydrogen-bond acceptors (Lipinski definition) is 4. The van der Waals surface area contributed by atoms with Gasteiger partial charge in [-0.2, -0.15) is 0 Å². The van der Waals surface area contributed by atoms with Gasteiger partial charge in [-0.15, -0.1) is 24.8 Å². The maximum absolute atomic E-state index is 12.1. The lowest BCUT2D eigenvalue weighted by molar-refractivity contribution is 0.0922. The second-order valence-electron chi connectivity index (χ2n) is 5.23. The lowest BCUT2D eigenvalue weighted by Crippen LogP contribution is -2.34. The molecule has 2 heterocycles. The molecule has 1 aromatic heterocycles. The molecule has 0 radical (unpaired) electrons. The van der Waals surface area contributed by atoms with E-state index in [1.54, 1.807) is 18.2 Å². The summed E-state index contributed by atoms with van der Waals surface area (Å²) in [5.74, 6) is -0.195. The molecule has 8 heteroatoms. The first kappa shape index (κ1) is 19.9. The van der Waals surface area contributed by atoms with Crippen molar-refractivity contribution in [1.82, 2.24) is 15.6 Å². The Kier molecular flexibility index (Phi) is 7.51. The fourth-order valence-electron chi connectivity index (χ4n) is 2.46. The maximum atomic E-state index is 12.1. The number of benzene rings is 1. The maximum Gasteiger partial charge on any atom is 0.269 e. The summed E-state index contributed by atoms with van der Waals surface area (Å²) in [6.45, 7) is 1.72. The zero-order valence-electron chi connectivity index (χ0n) is 12.2. The van der Waals surface area contributed by atoms with Crippen molar-refractivity contribution in [3.63, 3.8) is 0 Å². The second-order valence-corrected chi connectivity index (χ2v) is 5.67. The Balaban J connectivity index is 0.00000132. The number of β-amino-alcohol motifs (C(OH)–C–C–N with tert-alkyl or cyclic N) is 1. The Morgan fingerprint density at radius 3 is 2.74 bits per heavy atom. The Morgan fingerprint density at radius 2 is 2.04 bits per heavy atom. The third kappa shape index (κ3) is 4.68. The number of fused-ring (bicyclic) bond motifs is 1. The Bertz CT molecular complexity index is 684. The number of hydrogen-bond donors (Lipinski definition) is 3. The van der Waals surface area contributed by atoms with Gasteiger partial charge >= 0.3 is 0 Å². The normalized spacial score (nSPS) is 19.7. The van der Waals surface area contributed by atoms with Crippen LogP contribution in [0.4, 0.5) is 0 Å². The average molecular weight is 379 g/mol. The molecule has 0 bridgehead atoms. The lowest BCUT2D eigenvalue weighted by Gasteiger charge is -2.14. The molecule has 0 aliphatic carbocycles. The smallest absolute Gasteiger partial charge is 0.269 e. The van der Waals surface area contributed by atoms with Crippen LogP contribution in [0.5, 0.6) is 0 Å². The number of aliphatic hydroxyl groups excluding tert-OH is 1. The summed E-state index contributed by atoms with van der Waals surface area (Å²) in [5.41, 5.74) is 1.04. The van der Waals surface area contributed by atoms with E-state index in [0.29, 0.717) is 35.9 Å². The van der Waals surface area contributed by atoms with Gasteiger partial charge in [-0.25, -0.2) is 4.98 Å². The molecule has 23 heavy (non-hydrogen) atoms. The van der Waals surface area contributed by atoms with Gasteiger partial charge in [0.15, 0.2) is 0 Å². The number of pyridine rings is 1. The van der Waals surface area contributed by atoms with Gasteiger partial charge in [0.25, 0.3) is 5.91 Å². The van der Waals surface area contributed by atoms with E-state index in [0.717, 1.165) is 5.39 Å². The third-order valence-electron chi connectivity index (χ3n) is 3.72. The van der Waals surface area contributed by atoms with Crippen molar-refractivity contribution in [1.29, 1.82) is 0 Å². The highest BCUT2D eigenvalue weighted by Gasteiger charge is 2.25. The summed E-state index contributed by atoms with van der Waals surface area (Å²) >= 11 is 5.94. The molecular formula is C15H18Cl3N3O2. The molecule has 1 aliphatic rings. The first-order valence-electron chi connectivity index (χ1n) is 6.87. The average Bonchev–Trinajstić information content (AvgIpc) is 2.89. The van der Waals surface area contributed by atoms with Crippen LogP contribution in [0.3, 0.4) is 0 Å². The van der Waals surface area contributed by atoms with Crippen molar-refractivity contribution < 1.29 is 9.90 Å². The molecule has 1 fully saturated rings. The van der Waals surface area contributed by atoms with Crippen molar-refractivity contribution in [3.8, 4) is 0 Å². The zero-order valence-corrected chi connectivity index (χ0v) is 14.5. The number of carbonyl (C=O) groups excluding carboxylic acids is 1. The van der Waals surface area contributed by atoms with Crippen LogP contribution in [0, 0.1) is 5.92 Å². The summed E-state index contributed by atoms with van der Waals surface area (Å²) in [4.78, 5) is 16.5. The monoisotopic (exact) mass is 377 g/mol. The van der Waals surface area contributed by atoms with Crippen molar-refractivity contribution in [2.24, 2.45) is 5.92 Å². The van der Waals surface area contributed by atoms with Gasteiger partial charge in [-0.1, -0.05) is 23.7 Å². The van der Waals surface area contributed by atoms with Gasteiger partial charge in [-0.3, -0.25) is 4.79 Å². The first-order valence-corrected chi connectivity index (χ1v) is 7.24. The summed E-state index contributed by atoms with van der Waals surface area (Å²) < 4.78 is 0. The van der Waals surface area contributed by atoms with Gasteiger partial charge in [0.05, 0.1) is 11.6 Å². The van der Waals surface area contributed by atoms with Crippen LogP contribution in [-0.2, 0) is 0 Å². The summed E-state index contributed by atoms with van der Waals surface area (Å²) in [7, 11) is 0. The summed E-state index contributed by atoms with van der Waals surface area (Å²) in [6.07, 6.45) is -0.409. The highest BCUT2D eigenvalue weighted by molar-refractivity contribution is 6.31. The van der Waals surface area contributed by atoms with E-state index in [1.807, 2.05) is 12.1 Å². The lowest BCUT2D eigenvalue weighted by atomic mass is 10.1. The highest BCUT2D eigenvalue weighted by Crippen LogP contribution is 2.18. The van der Waals surface area contributed by atoms with E-state index >= 15 is 0 Å². The number of nitrogens with one attached hydrogen (secondary N) is 2. The van der Waals surface area contributed by atoms with Gasteiger partial charge < -0.3 is 15.7 Å². The fourth-order valence-corrected chi connectivity index (χ4v) is 2.63. The molecular weight excluding hydrogens is 361 g/mol. The zero-order chi connectivity index (χ0) is 14.8. The van der Waals surface area contributed by atoms with Gasteiger partial charge in [0, 0.05) is 36.0 Å². The predicted molar refractivity (Wildman–Crippen MR) is 95.9 cm³/mol. The van der Waals surface area contributed by atoms with Crippen LogP contribution < -0.4 is 10.6 Å². The molecule has 1 amide bonds. The van der Waals surface area contributed by atoms with E-state index in [4.69, 9.17) is 11.6 Å². The molecule has 2 atom stereocenters. The number of aliphatic hydroxyl groups is 1. The van der Waals surface area contributed by atoms with Crippen molar-refractivity contribution >= 4 is 53.2 Å². The molecule has 5 nitrogen and oxygen atoms in total. The standard InChI is InChI=1S/C15H16ClN3O2.2ClH/c16-11-3-1-9-2-4-12(19-13(9)5-11)15(21)18-7-10-6-17-8-14(10)20;;/h1-5,10,14,17,20H,6-8H2,(H,18,21);2*1H. The van der Waals surface area contributed by atoms with Crippen LogP contribution in [0.1, 0.15) is 10.5 Å². The predicted octanol–water partition coefficient (Wildman–Crippen LogP) is 2.04. The molecule has 1 aliphatic heterocycles. The molecule has 2 aromatic rings. The van der Waals surface area contributed by atoms with E-state index in [9.17, 15) is 9.90 Å². The number of carbonyl (C=O) groups is 1. The van der Waals surface area contributed by atoms with E-state index in [2.05, 4.69) is 15.6 Å². The molecule has 3 rings (SSSR count). The van der Waals surface area contributed by atoms with Gasteiger partial charge in [0.2, 0.25) is 0 Å². The van der Waals surface area contributed by atoms with Crippen molar-refractivity contribution in [2.45, 2.75) is 6.10 Å². The topological polar surface area (TPSA) is 74.2 Å². The second kappa shape index (κ2) is 8.66. The Labute approximate surface area is 151 Å². The number of rotatable bonds is 3. The van der Waals surface area contributed by atoms with Crippen LogP contribution >= 0.6 is 36.4 Å². The minimum atomic E-state index is -0.409. The first-order chi connectivity index (χ1) is 10.1. The molecule has 1 saturated heterocycles.